The minimum atomic E-state index is -3.93. The number of rotatable bonds is 2. The zero-order chi connectivity index (χ0) is 13.5. The lowest BCUT2D eigenvalue weighted by Gasteiger charge is -2.06. The van der Waals surface area contributed by atoms with Crippen molar-refractivity contribution in [1.29, 1.82) is 0 Å². The van der Waals surface area contributed by atoms with Gasteiger partial charge in [-0.25, -0.2) is 13.6 Å². The number of amides is 1. The first-order valence-electron chi connectivity index (χ1n) is 4.87. The van der Waals surface area contributed by atoms with Crippen LogP contribution in [0.25, 0.3) is 10.8 Å². The summed E-state index contributed by atoms with van der Waals surface area (Å²) in [7, 11) is -3.93. The molecule has 7 heteroatoms. The lowest BCUT2D eigenvalue weighted by molar-refractivity contribution is 0.0996. The molecule has 1 amide bonds. The van der Waals surface area contributed by atoms with Gasteiger partial charge in [0, 0.05) is 10.8 Å². The Bertz CT molecular complexity index is 753. The summed E-state index contributed by atoms with van der Waals surface area (Å²) in [5.74, 6) is -1.46. The molecule has 0 saturated heterocycles. The zero-order valence-corrected chi connectivity index (χ0v) is 9.90. The standard InChI is InChI=1S/C11H9N2O4S/c12-11(15)8-5-4-6-7(10(8)14)2-1-3-9(6)18(13,16)17/h1-5H,(H2,12,15)(H2,13,16,17). The summed E-state index contributed by atoms with van der Waals surface area (Å²) in [4.78, 5) is 10.9. The van der Waals surface area contributed by atoms with Crippen LogP contribution in [-0.2, 0) is 15.1 Å². The Kier molecular flexibility index (Phi) is 2.72. The predicted molar refractivity (Wildman–Crippen MR) is 64.0 cm³/mol. The molecule has 0 saturated carbocycles. The third kappa shape index (κ3) is 1.89. The average Bonchev–Trinajstić information content (AvgIpc) is 2.27. The Labute approximate surface area is 103 Å². The van der Waals surface area contributed by atoms with E-state index in [1.807, 2.05) is 0 Å². The monoisotopic (exact) mass is 265 g/mol. The smallest absolute Gasteiger partial charge is 0.252 e. The molecule has 2 aromatic rings. The highest BCUT2D eigenvalue weighted by molar-refractivity contribution is 7.89. The third-order valence-electron chi connectivity index (χ3n) is 2.54. The molecule has 6 nitrogen and oxygen atoms in total. The highest BCUT2D eigenvalue weighted by Crippen LogP contribution is 2.32. The van der Waals surface area contributed by atoms with Crippen molar-refractivity contribution in [3.05, 3.63) is 35.9 Å². The lowest BCUT2D eigenvalue weighted by Crippen LogP contribution is -2.13. The van der Waals surface area contributed by atoms with Gasteiger partial charge in [0.25, 0.3) is 5.91 Å². The number of carbonyl (C=O) groups is 1. The van der Waals surface area contributed by atoms with Gasteiger partial charge >= 0.3 is 0 Å². The van der Waals surface area contributed by atoms with E-state index in [1.54, 1.807) is 0 Å². The second-order valence-electron chi connectivity index (χ2n) is 3.70. The molecule has 4 N–H and O–H groups in total. The van der Waals surface area contributed by atoms with Crippen LogP contribution in [0.15, 0.2) is 35.2 Å². The number of carbonyl (C=O) groups excluding carboxylic acids is 1. The number of fused-ring (bicyclic) bond motifs is 1. The van der Waals surface area contributed by atoms with Crippen molar-refractivity contribution in [2.24, 2.45) is 10.9 Å². The van der Waals surface area contributed by atoms with Crippen molar-refractivity contribution in [1.82, 2.24) is 0 Å². The Hall–Kier alpha value is -2.12. The van der Waals surface area contributed by atoms with Gasteiger partial charge in [-0.15, -0.1) is 0 Å². The van der Waals surface area contributed by atoms with Gasteiger partial charge in [-0.1, -0.05) is 18.2 Å². The summed E-state index contributed by atoms with van der Waals surface area (Å²) in [6, 6.07) is 6.63. The average molecular weight is 265 g/mol. The molecule has 1 radical (unpaired) electrons. The second kappa shape index (κ2) is 3.97. The van der Waals surface area contributed by atoms with Crippen LogP contribution in [0, 0.1) is 0 Å². The fraction of sp³-hybridized carbons (Fsp3) is 0. The van der Waals surface area contributed by atoms with Crippen molar-refractivity contribution in [3.8, 4) is 5.75 Å². The van der Waals surface area contributed by atoms with Crippen molar-refractivity contribution in [3.63, 3.8) is 0 Å². The van der Waals surface area contributed by atoms with Crippen molar-refractivity contribution in [2.45, 2.75) is 4.90 Å². The molecule has 0 fully saturated rings. The first kappa shape index (κ1) is 12.3. The fourth-order valence-corrected chi connectivity index (χ4v) is 2.50. The maximum absolute atomic E-state index is 11.9. The first-order valence-corrected chi connectivity index (χ1v) is 6.42. The molecule has 0 aliphatic rings. The quantitative estimate of drug-likeness (QED) is 0.831. The topological polar surface area (TPSA) is 123 Å². The number of hydrogen-bond acceptors (Lipinski definition) is 3. The van der Waals surface area contributed by atoms with Crippen LogP contribution in [0.4, 0.5) is 0 Å². The van der Waals surface area contributed by atoms with Crippen LogP contribution in [0.1, 0.15) is 10.4 Å². The molecular formula is C11H9N2O4S. The van der Waals surface area contributed by atoms with Gasteiger partial charge < -0.3 is 5.73 Å². The van der Waals surface area contributed by atoms with Crippen LogP contribution in [-0.4, -0.2) is 14.3 Å². The summed E-state index contributed by atoms with van der Waals surface area (Å²) >= 11 is 0. The van der Waals surface area contributed by atoms with E-state index >= 15 is 0 Å². The molecule has 2 aromatic carbocycles. The maximum Gasteiger partial charge on any atom is 0.252 e. The fourth-order valence-electron chi connectivity index (χ4n) is 1.74. The van der Waals surface area contributed by atoms with Crippen LogP contribution >= 0.6 is 0 Å². The minimum Gasteiger partial charge on any atom is -0.365 e. The molecule has 0 aliphatic heterocycles. The van der Waals surface area contributed by atoms with E-state index in [9.17, 15) is 18.3 Å². The van der Waals surface area contributed by atoms with Gasteiger partial charge in [-0.3, -0.25) is 9.90 Å². The van der Waals surface area contributed by atoms with E-state index in [1.165, 1.54) is 30.3 Å². The zero-order valence-electron chi connectivity index (χ0n) is 9.08. The van der Waals surface area contributed by atoms with Crippen LogP contribution in [0.5, 0.6) is 5.75 Å². The first-order chi connectivity index (χ1) is 8.32. The van der Waals surface area contributed by atoms with E-state index in [2.05, 4.69) is 0 Å². The summed E-state index contributed by atoms with van der Waals surface area (Å²) in [6.45, 7) is 0. The van der Waals surface area contributed by atoms with E-state index in [0.717, 1.165) is 0 Å². The Morgan fingerprint density at radius 2 is 1.72 bits per heavy atom. The number of hydrogen-bond donors (Lipinski definition) is 2. The molecule has 0 atom stereocenters. The molecule has 93 valence electrons. The Morgan fingerprint density at radius 3 is 2.28 bits per heavy atom. The van der Waals surface area contributed by atoms with Gasteiger partial charge in [0.1, 0.15) is 0 Å². The third-order valence-corrected chi connectivity index (χ3v) is 3.51. The predicted octanol–water partition coefficient (Wildman–Crippen LogP) is 0.730. The molecule has 0 spiro atoms. The normalized spacial score (nSPS) is 11.6. The maximum atomic E-state index is 11.9. The summed E-state index contributed by atoms with van der Waals surface area (Å²) < 4.78 is 22.7. The van der Waals surface area contributed by atoms with Crippen LogP contribution in [0.2, 0.25) is 0 Å². The molecule has 0 aliphatic carbocycles. The molecule has 0 bridgehead atoms. The van der Waals surface area contributed by atoms with Crippen LogP contribution < -0.4 is 10.9 Å². The van der Waals surface area contributed by atoms with E-state index in [4.69, 9.17) is 10.9 Å². The Morgan fingerprint density at radius 1 is 1.06 bits per heavy atom. The van der Waals surface area contributed by atoms with Crippen LogP contribution in [0.3, 0.4) is 0 Å². The summed E-state index contributed by atoms with van der Waals surface area (Å²) in [6.07, 6.45) is 0. The lowest BCUT2D eigenvalue weighted by atomic mass is 10.1. The highest BCUT2D eigenvalue weighted by atomic mass is 32.2. The van der Waals surface area contributed by atoms with Gasteiger partial charge in [-0.05, 0) is 12.1 Å². The summed E-state index contributed by atoms with van der Waals surface area (Å²) in [5, 5.41) is 17.2. The van der Waals surface area contributed by atoms with Gasteiger partial charge in [-0.2, -0.15) is 0 Å². The number of sulfonamides is 1. The molecule has 0 unspecified atom stereocenters. The SMILES string of the molecule is NC(=O)c1ccc2c(S(N)(=O)=O)cccc2c1[O]. The minimum absolute atomic E-state index is 0.0952. The second-order valence-corrected chi connectivity index (χ2v) is 5.23. The molecule has 0 heterocycles. The van der Waals surface area contributed by atoms with Gasteiger partial charge in [0.2, 0.25) is 10.0 Å². The number of nitrogens with two attached hydrogens (primary N) is 2. The van der Waals surface area contributed by atoms with Crippen molar-refractivity contribution in [2.75, 3.05) is 0 Å². The molecular weight excluding hydrogens is 256 g/mol. The van der Waals surface area contributed by atoms with Crippen molar-refractivity contribution >= 4 is 26.7 Å². The molecule has 0 aromatic heterocycles. The van der Waals surface area contributed by atoms with E-state index in [0.29, 0.717) is 0 Å². The number of primary amides is 1. The molecule has 2 rings (SSSR count). The molecule has 18 heavy (non-hydrogen) atoms. The van der Waals surface area contributed by atoms with E-state index < -0.39 is 21.7 Å². The highest BCUT2D eigenvalue weighted by Gasteiger charge is 2.18. The largest absolute Gasteiger partial charge is 0.365 e. The Balaban J connectivity index is 2.92. The van der Waals surface area contributed by atoms with Gasteiger partial charge in [0.15, 0.2) is 5.75 Å². The van der Waals surface area contributed by atoms with E-state index in [-0.39, 0.29) is 21.2 Å². The number of primary sulfonamides is 1. The van der Waals surface area contributed by atoms with Crippen molar-refractivity contribution < 1.29 is 18.3 Å². The summed E-state index contributed by atoms with van der Waals surface area (Å²) in [5.41, 5.74) is 4.86. The number of benzene rings is 2. The van der Waals surface area contributed by atoms with Gasteiger partial charge in [0.05, 0.1) is 10.5 Å².